The highest BCUT2D eigenvalue weighted by molar-refractivity contribution is 7.20. The van der Waals surface area contributed by atoms with E-state index in [0.29, 0.717) is 16.0 Å². The molecule has 0 bridgehead atoms. The summed E-state index contributed by atoms with van der Waals surface area (Å²) in [5.41, 5.74) is 6.30. The minimum absolute atomic E-state index is 0.0872. The molecular weight excluding hydrogens is 365 g/mol. The van der Waals surface area contributed by atoms with Crippen molar-refractivity contribution < 1.29 is 22.7 Å². The molecule has 0 saturated heterocycles. The summed E-state index contributed by atoms with van der Waals surface area (Å²) >= 11 is 1.24. The van der Waals surface area contributed by atoms with Gasteiger partial charge in [-0.1, -0.05) is 42.5 Å². The Morgan fingerprint density at radius 1 is 1.08 bits per heavy atom. The minimum Gasteiger partial charge on any atom is -0.446 e. The number of ether oxygens (including phenoxy) is 1. The largest absolute Gasteiger partial charge is 0.490 e. The van der Waals surface area contributed by atoms with E-state index in [1.165, 1.54) is 11.3 Å². The number of carbonyl (C=O) groups is 1. The summed E-state index contributed by atoms with van der Waals surface area (Å²) in [6, 6.07) is 14.9. The fraction of sp³-hybridized carbons (Fsp3) is 0.111. The van der Waals surface area contributed by atoms with Crippen molar-refractivity contribution in [3.8, 4) is 0 Å². The molecule has 3 N–H and O–H groups in total. The number of esters is 1. The molecule has 0 aliphatic rings. The molecule has 0 saturated carbocycles. The predicted molar refractivity (Wildman–Crippen MR) is 93.3 cm³/mol. The van der Waals surface area contributed by atoms with E-state index < -0.39 is 18.2 Å². The average Bonchev–Trinajstić information content (AvgIpc) is 3.03. The zero-order valence-electron chi connectivity index (χ0n) is 13.2. The monoisotopic (exact) mass is 378 g/mol. The molecule has 0 aliphatic carbocycles. The Hall–Kier alpha value is -2.87. The number of benzene rings is 2. The number of alkyl halides is 3. The second-order valence-corrected chi connectivity index (χ2v) is 6.60. The topological polar surface area (TPSA) is 76.2 Å². The molecule has 3 rings (SSSR count). The first-order valence-corrected chi connectivity index (χ1v) is 8.28. The number of hydrogen-bond acceptors (Lipinski definition) is 4. The molecule has 0 amide bonds. The van der Waals surface area contributed by atoms with Crippen LogP contribution in [0.2, 0.25) is 0 Å². The van der Waals surface area contributed by atoms with Gasteiger partial charge in [0.05, 0.1) is 4.88 Å². The molecule has 4 nitrogen and oxygen atoms in total. The predicted octanol–water partition coefficient (Wildman–Crippen LogP) is 4.38. The van der Waals surface area contributed by atoms with Crippen LogP contribution in [-0.4, -0.2) is 18.0 Å². The van der Waals surface area contributed by atoms with Crippen LogP contribution >= 0.6 is 11.3 Å². The fourth-order valence-electron chi connectivity index (χ4n) is 2.47. The highest BCUT2D eigenvalue weighted by atomic mass is 32.1. The van der Waals surface area contributed by atoms with E-state index in [0.717, 1.165) is 10.1 Å². The Kier molecular flexibility index (Phi) is 4.69. The van der Waals surface area contributed by atoms with Gasteiger partial charge in [0.15, 0.2) is 6.10 Å². The number of rotatable bonds is 4. The lowest BCUT2D eigenvalue weighted by atomic mass is 10.0. The maximum absolute atomic E-state index is 12.7. The second-order valence-electron chi connectivity index (χ2n) is 5.52. The number of thiophene rings is 1. The SMILES string of the molecule is N=C(N)c1cc2ccc(C(OC(=O)C(F)(F)F)c3ccccc3)cc2s1. The molecule has 1 unspecified atom stereocenters. The summed E-state index contributed by atoms with van der Waals surface area (Å²) in [6.45, 7) is 0. The first-order valence-electron chi connectivity index (χ1n) is 7.46. The first-order chi connectivity index (χ1) is 12.3. The van der Waals surface area contributed by atoms with Gasteiger partial charge in [0, 0.05) is 4.70 Å². The number of carbonyl (C=O) groups excluding carboxylic acids is 1. The molecule has 8 heteroatoms. The maximum atomic E-state index is 12.7. The molecule has 0 radical (unpaired) electrons. The zero-order chi connectivity index (χ0) is 18.9. The van der Waals surface area contributed by atoms with Crippen molar-refractivity contribution in [3.05, 3.63) is 70.6 Å². The fourth-order valence-corrected chi connectivity index (χ4v) is 3.45. The third-order valence-electron chi connectivity index (χ3n) is 3.67. The third kappa shape index (κ3) is 3.70. The van der Waals surface area contributed by atoms with E-state index >= 15 is 0 Å². The Morgan fingerprint density at radius 2 is 1.77 bits per heavy atom. The molecule has 1 heterocycles. The molecule has 134 valence electrons. The second kappa shape index (κ2) is 6.80. The van der Waals surface area contributed by atoms with Crippen molar-refractivity contribution in [1.82, 2.24) is 0 Å². The lowest BCUT2D eigenvalue weighted by Crippen LogP contribution is -2.27. The van der Waals surface area contributed by atoms with Crippen molar-refractivity contribution in [2.75, 3.05) is 0 Å². The van der Waals surface area contributed by atoms with E-state index in [2.05, 4.69) is 0 Å². The number of nitrogen functional groups attached to an aromatic ring is 1. The number of nitrogens with one attached hydrogen (secondary N) is 1. The summed E-state index contributed by atoms with van der Waals surface area (Å²) in [5, 5.41) is 8.30. The first kappa shape index (κ1) is 17.9. The number of halogens is 3. The minimum atomic E-state index is -5.08. The van der Waals surface area contributed by atoms with E-state index in [1.54, 1.807) is 54.6 Å². The van der Waals surface area contributed by atoms with Gasteiger partial charge in [0.25, 0.3) is 0 Å². The summed E-state index contributed by atoms with van der Waals surface area (Å²) in [6.07, 6.45) is -6.28. The standard InChI is InChI=1S/C18H13F3N2O2S/c19-18(20,21)17(24)25-15(10-4-2-1-3-5-10)12-7-6-11-8-14(16(22)23)26-13(11)9-12/h1-9,15H,(H3,22,23). The van der Waals surface area contributed by atoms with Crippen LogP contribution < -0.4 is 5.73 Å². The van der Waals surface area contributed by atoms with E-state index in [9.17, 15) is 18.0 Å². The van der Waals surface area contributed by atoms with Crippen LogP contribution in [0.5, 0.6) is 0 Å². The Balaban J connectivity index is 2.05. The Bertz CT molecular complexity index is 967. The van der Waals surface area contributed by atoms with Crippen LogP contribution in [0.3, 0.4) is 0 Å². The van der Waals surface area contributed by atoms with Crippen LogP contribution in [0.4, 0.5) is 13.2 Å². The van der Waals surface area contributed by atoms with Gasteiger partial charge >= 0.3 is 12.1 Å². The smallest absolute Gasteiger partial charge is 0.446 e. The Morgan fingerprint density at radius 3 is 2.38 bits per heavy atom. The summed E-state index contributed by atoms with van der Waals surface area (Å²) in [4.78, 5) is 11.9. The number of nitrogens with two attached hydrogens (primary N) is 1. The zero-order valence-corrected chi connectivity index (χ0v) is 14.0. The van der Waals surface area contributed by atoms with Gasteiger partial charge in [-0.25, -0.2) is 4.79 Å². The number of hydrogen-bond donors (Lipinski definition) is 2. The summed E-state index contributed by atoms with van der Waals surface area (Å²) in [5.74, 6) is -2.34. The van der Waals surface area contributed by atoms with E-state index in [4.69, 9.17) is 15.9 Å². The lowest BCUT2D eigenvalue weighted by molar-refractivity contribution is -0.203. The van der Waals surface area contributed by atoms with E-state index in [-0.39, 0.29) is 5.84 Å². The summed E-state index contributed by atoms with van der Waals surface area (Å²) < 4.78 is 43.5. The average molecular weight is 378 g/mol. The molecule has 0 aliphatic heterocycles. The molecule has 1 aromatic heterocycles. The highest BCUT2D eigenvalue weighted by Gasteiger charge is 2.42. The van der Waals surface area contributed by atoms with Gasteiger partial charge in [-0.05, 0) is 28.6 Å². The lowest BCUT2D eigenvalue weighted by Gasteiger charge is -2.19. The van der Waals surface area contributed by atoms with Crippen molar-refractivity contribution in [2.45, 2.75) is 12.3 Å². The van der Waals surface area contributed by atoms with Gasteiger partial charge in [-0.3, -0.25) is 5.41 Å². The van der Waals surface area contributed by atoms with Gasteiger partial charge in [-0.2, -0.15) is 13.2 Å². The van der Waals surface area contributed by atoms with Crippen LogP contribution in [0.1, 0.15) is 22.1 Å². The van der Waals surface area contributed by atoms with Crippen LogP contribution in [-0.2, 0) is 9.53 Å². The molecule has 0 fully saturated rings. The van der Waals surface area contributed by atoms with Crippen molar-refractivity contribution in [3.63, 3.8) is 0 Å². The van der Waals surface area contributed by atoms with Gasteiger partial charge in [0.1, 0.15) is 5.84 Å². The molecule has 3 aromatic rings. The number of amidine groups is 1. The van der Waals surface area contributed by atoms with Crippen molar-refractivity contribution >= 4 is 33.2 Å². The number of fused-ring (bicyclic) bond motifs is 1. The van der Waals surface area contributed by atoms with Crippen molar-refractivity contribution in [1.29, 1.82) is 5.41 Å². The molecule has 2 aromatic carbocycles. The normalized spacial score (nSPS) is 12.7. The van der Waals surface area contributed by atoms with Gasteiger partial charge < -0.3 is 10.5 Å². The summed E-state index contributed by atoms with van der Waals surface area (Å²) in [7, 11) is 0. The molecule has 0 spiro atoms. The van der Waals surface area contributed by atoms with Gasteiger partial charge in [0.2, 0.25) is 0 Å². The quantitative estimate of drug-likeness (QED) is 0.402. The molecule has 1 atom stereocenters. The van der Waals surface area contributed by atoms with Crippen LogP contribution in [0, 0.1) is 5.41 Å². The highest BCUT2D eigenvalue weighted by Crippen LogP contribution is 2.33. The van der Waals surface area contributed by atoms with Crippen molar-refractivity contribution in [2.24, 2.45) is 5.73 Å². The van der Waals surface area contributed by atoms with Crippen LogP contribution in [0.15, 0.2) is 54.6 Å². The third-order valence-corrected chi connectivity index (χ3v) is 4.80. The Labute approximate surface area is 150 Å². The molecular formula is C18H13F3N2O2S. The maximum Gasteiger partial charge on any atom is 0.490 e. The molecule has 26 heavy (non-hydrogen) atoms. The van der Waals surface area contributed by atoms with Gasteiger partial charge in [-0.15, -0.1) is 11.3 Å². The van der Waals surface area contributed by atoms with E-state index in [1.807, 2.05) is 0 Å². The van der Waals surface area contributed by atoms with Crippen LogP contribution in [0.25, 0.3) is 10.1 Å².